The van der Waals surface area contributed by atoms with Gasteiger partial charge in [0.2, 0.25) is 10.0 Å². The molecule has 22 heavy (non-hydrogen) atoms. The van der Waals surface area contributed by atoms with Crippen LogP contribution in [0.2, 0.25) is 0 Å². The van der Waals surface area contributed by atoms with Crippen LogP contribution in [-0.2, 0) is 16.4 Å². The Morgan fingerprint density at radius 1 is 1.32 bits per heavy atom. The molecule has 0 unspecified atom stereocenters. The van der Waals surface area contributed by atoms with E-state index in [0.717, 1.165) is 30.8 Å². The van der Waals surface area contributed by atoms with Crippen LogP contribution in [0.1, 0.15) is 19.4 Å². The largest absolute Gasteiger partial charge is 0.370 e. The summed E-state index contributed by atoms with van der Waals surface area (Å²) in [6.07, 6.45) is 0.764. The quantitative estimate of drug-likeness (QED) is 0.626. The van der Waals surface area contributed by atoms with E-state index in [1.807, 2.05) is 43.0 Å². The molecular weight excluding hydrogens is 300 g/mol. The second-order valence-corrected chi connectivity index (χ2v) is 7.19. The summed E-state index contributed by atoms with van der Waals surface area (Å²) in [5.74, 6) is 0.380. The smallest absolute Gasteiger partial charge is 0.237 e. The molecule has 1 aliphatic rings. The van der Waals surface area contributed by atoms with Crippen molar-refractivity contribution in [1.82, 2.24) is 4.90 Å². The molecule has 1 aromatic carbocycles. The molecule has 0 amide bonds. The monoisotopic (exact) mass is 324 g/mol. The predicted octanol–water partition coefficient (Wildman–Crippen LogP) is 1.04. The highest BCUT2D eigenvalue weighted by atomic mass is 32.2. The number of rotatable bonds is 6. The van der Waals surface area contributed by atoms with Crippen molar-refractivity contribution >= 4 is 21.7 Å². The summed E-state index contributed by atoms with van der Waals surface area (Å²) < 4.78 is 26.5. The van der Waals surface area contributed by atoms with Gasteiger partial charge in [0.15, 0.2) is 5.96 Å². The molecule has 122 valence electrons. The first-order valence-electron chi connectivity index (χ1n) is 7.62. The van der Waals surface area contributed by atoms with Crippen molar-refractivity contribution < 1.29 is 8.42 Å². The van der Waals surface area contributed by atoms with E-state index >= 15 is 0 Å². The fourth-order valence-corrected chi connectivity index (χ4v) is 4.02. The number of hydrogen-bond donors (Lipinski definition) is 1. The summed E-state index contributed by atoms with van der Waals surface area (Å²) in [7, 11) is -3.36. The number of hydrogen-bond acceptors (Lipinski definition) is 3. The van der Waals surface area contributed by atoms with Gasteiger partial charge in [-0.05, 0) is 31.9 Å². The third-order valence-electron chi connectivity index (χ3n) is 3.89. The topological polar surface area (TPSA) is 79.0 Å². The molecule has 1 heterocycles. The molecule has 0 aliphatic carbocycles. The fraction of sp³-hybridized carbons (Fsp3) is 0.533. The van der Waals surface area contributed by atoms with E-state index in [1.165, 1.54) is 4.31 Å². The minimum Gasteiger partial charge on any atom is -0.370 e. The zero-order chi connectivity index (χ0) is 16.2. The Labute approximate surface area is 132 Å². The summed E-state index contributed by atoms with van der Waals surface area (Å²) in [6, 6.07) is 7.63. The highest BCUT2D eigenvalue weighted by Crippen LogP contribution is 2.29. The predicted molar refractivity (Wildman–Crippen MR) is 90.7 cm³/mol. The Hall–Kier alpha value is -1.76. The number of aliphatic imine (C=N–C) groups is 1. The van der Waals surface area contributed by atoms with E-state index in [4.69, 9.17) is 5.73 Å². The van der Waals surface area contributed by atoms with Crippen LogP contribution < -0.4 is 10.0 Å². The Morgan fingerprint density at radius 2 is 2.00 bits per heavy atom. The van der Waals surface area contributed by atoms with Gasteiger partial charge in [0.05, 0.1) is 18.0 Å². The van der Waals surface area contributed by atoms with Crippen LogP contribution in [-0.4, -0.2) is 51.2 Å². The summed E-state index contributed by atoms with van der Waals surface area (Å²) >= 11 is 0. The molecule has 0 atom stereocenters. The molecule has 2 rings (SSSR count). The van der Waals surface area contributed by atoms with Gasteiger partial charge in [-0.1, -0.05) is 18.2 Å². The van der Waals surface area contributed by atoms with Crippen molar-refractivity contribution in [3.63, 3.8) is 0 Å². The normalized spacial score (nSPS) is 15.0. The molecule has 0 aromatic heterocycles. The number of anilines is 1. The van der Waals surface area contributed by atoms with Crippen molar-refractivity contribution in [2.75, 3.05) is 36.2 Å². The molecule has 0 fully saturated rings. The van der Waals surface area contributed by atoms with Gasteiger partial charge in [0.1, 0.15) is 0 Å². The van der Waals surface area contributed by atoms with Crippen LogP contribution in [0.25, 0.3) is 0 Å². The van der Waals surface area contributed by atoms with Crippen LogP contribution in [0.5, 0.6) is 0 Å². The van der Waals surface area contributed by atoms with E-state index in [2.05, 4.69) is 4.99 Å². The minimum atomic E-state index is -3.36. The first-order chi connectivity index (χ1) is 10.5. The first-order valence-corrected chi connectivity index (χ1v) is 9.23. The lowest BCUT2D eigenvalue weighted by Gasteiger charge is -2.20. The third kappa shape index (κ3) is 3.52. The maximum atomic E-state index is 12.5. The average Bonchev–Trinajstić information content (AvgIpc) is 2.93. The Morgan fingerprint density at radius 3 is 2.68 bits per heavy atom. The summed E-state index contributed by atoms with van der Waals surface area (Å²) in [6.45, 7) is 6.20. The maximum Gasteiger partial charge on any atom is 0.237 e. The Balaban J connectivity index is 2.03. The second-order valence-electron chi connectivity index (χ2n) is 5.18. The molecule has 0 saturated carbocycles. The van der Waals surface area contributed by atoms with Crippen LogP contribution in [0.15, 0.2) is 29.3 Å². The van der Waals surface area contributed by atoms with Crippen molar-refractivity contribution in [2.24, 2.45) is 10.7 Å². The Kier molecular flexibility index (Phi) is 5.28. The fourth-order valence-electron chi connectivity index (χ4n) is 2.63. The van der Waals surface area contributed by atoms with E-state index in [9.17, 15) is 8.42 Å². The second kappa shape index (κ2) is 7.00. The van der Waals surface area contributed by atoms with Gasteiger partial charge < -0.3 is 10.6 Å². The molecule has 6 nitrogen and oxygen atoms in total. The number of benzene rings is 1. The van der Waals surface area contributed by atoms with Gasteiger partial charge in [-0.15, -0.1) is 0 Å². The number of guanidine groups is 1. The standard InChI is InChI=1S/C15H24N4O2S/c1-3-18(4-2)15(16)17-10-12-22(20,21)19-11-9-13-7-5-6-8-14(13)19/h5-8H,3-4,9-12H2,1-2H3,(H2,16,17). The van der Waals surface area contributed by atoms with E-state index < -0.39 is 10.0 Å². The molecule has 0 bridgehead atoms. The van der Waals surface area contributed by atoms with Crippen LogP contribution >= 0.6 is 0 Å². The highest BCUT2D eigenvalue weighted by Gasteiger charge is 2.28. The van der Waals surface area contributed by atoms with Gasteiger partial charge in [0, 0.05) is 19.6 Å². The third-order valence-corrected chi connectivity index (χ3v) is 5.64. The van der Waals surface area contributed by atoms with Gasteiger partial charge >= 0.3 is 0 Å². The molecule has 2 N–H and O–H groups in total. The van der Waals surface area contributed by atoms with E-state index in [1.54, 1.807) is 0 Å². The zero-order valence-corrected chi connectivity index (χ0v) is 14.0. The van der Waals surface area contributed by atoms with E-state index in [0.29, 0.717) is 12.5 Å². The molecule has 0 spiro atoms. The maximum absolute atomic E-state index is 12.5. The molecular formula is C15H24N4O2S. The van der Waals surface area contributed by atoms with Crippen molar-refractivity contribution in [1.29, 1.82) is 0 Å². The summed E-state index contributed by atoms with van der Waals surface area (Å²) in [4.78, 5) is 6.09. The lowest BCUT2D eigenvalue weighted by Crippen LogP contribution is -2.38. The van der Waals surface area contributed by atoms with Crippen molar-refractivity contribution in [3.05, 3.63) is 29.8 Å². The van der Waals surface area contributed by atoms with Crippen molar-refractivity contribution in [2.45, 2.75) is 20.3 Å². The lowest BCUT2D eigenvalue weighted by atomic mass is 10.2. The molecule has 7 heteroatoms. The summed E-state index contributed by atoms with van der Waals surface area (Å²) in [5.41, 5.74) is 7.74. The molecule has 0 radical (unpaired) electrons. The number of sulfonamides is 1. The van der Waals surface area contributed by atoms with Crippen LogP contribution in [0.4, 0.5) is 5.69 Å². The SMILES string of the molecule is CCN(CC)C(N)=NCCS(=O)(=O)N1CCc2ccccc21. The van der Waals surface area contributed by atoms with E-state index in [-0.39, 0.29) is 12.3 Å². The zero-order valence-electron chi connectivity index (χ0n) is 13.2. The first kappa shape index (κ1) is 16.6. The molecule has 1 aliphatic heterocycles. The van der Waals surface area contributed by atoms with Crippen LogP contribution in [0.3, 0.4) is 0 Å². The molecule has 1 aromatic rings. The highest BCUT2D eigenvalue weighted by molar-refractivity contribution is 7.92. The number of nitrogens with two attached hydrogens (primary N) is 1. The number of para-hydroxylation sites is 1. The van der Waals surface area contributed by atoms with Crippen molar-refractivity contribution in [3.8, 4) is 0 Å². The Bertz CT molecular complexity index is 639. The van der Waals surface area contributed by atoms with Gasteiger partial charge in [-0.2, -0.15) is 0 Å². The van der Waals surface area contributed by atoms with Gasteiger partial charge in [-0.25, -0.2) is 8.42 Å². The van der Waals surface area contributed by atoms with Gasteiger partial charge in [0.25, 0.3) is 0 Å². The number of nitrogens with zero attached hydrogens (tertiary/aromatic N) is 3. The van der Waals surface area contributed by atoms with Gasteiger partial charge in [-0.3, -0.25) is 9.30 Å². The number of fused-ring (bicyclic) bond motifs is 1. The molecule has 0 saturated heterocycles. The summed E-state index contributed by atoms with van der Waals surface area (Å²) in [5, 5.41) is 0. The van der Waals surface area contributed by atoms with Crippen LogP contribution in [0, 0.1) is 0 Å². The lowest BCUT2D eigenvalue weighted by molar-refractivity contribution is 0.458. The minimum absolute atomic E-state index is 0.0245. The average molecular weight is 324 g/mol.